The Labute approximate surface area is 80.4 Å². The quantitative estimate of drug-likeness (QED) is 0.693. The highest BCUT2D eigenvalue weighted by atomic mass is 32.2. The fraction of sp³-hybridized carbons (Fsp3) is 0.333. The van der Waals surface area contributed by atoms with E-state index in [0.29, 0.717) is 0 Å². The summed E-state index contributed by atoms with van der Waals surface area (Å²) in [6.07, 6.45) is 1.97. The second-order valence-electron chi connectivity index (χ2n) is 2.16. The molecule has 0 amide bonds. The van der Waals surface area contributed by atoms with Gasteiger partial charge in [-0.25, -0.2) is 9.97 Å². The predicted octanol–water partition coefficient (Wildman–Crippen LogP) is 0.457. The minimum Gasteiger partial charge on any atom is -0.772 e. The summed E-state index contributed by atoms with van der Waals surface area (Å²) >= 11 is -2.30. The first-order valence-corrected chi connectivity index (χ1v) is 4.64. The van der Waals surface area contributed by atoms with Crippen molar-refractivity contribution >= 4 is 11.1 Å². The average Bonchev–Trinajstić information content (AvgIpc) is 2.06. The lowest BCUT2D eigenvalue weighted by Crippen LogP contribution is -2.05. The molecule has 14 heavy (non-hydrogen) atoms. The van der Waals surface area contributed by atoms with Gasteiger partial charge in [0, 0.05) is 0 Å². The summed E-state index contributed by atoms with van der Waals surface area (Å²) in [5.74, 6) is -0.532. The lowest BCUT2D eigenvalue weighted by atomic mass is 10.5. The highest BCUT2D eigenvalue weighted by Crippen LogP contribution is 2.10. The fourth-order valence-corrected chi connectivity index (χ4v) is 1.05. The third-order valence-electron chi connectivity index (χ3n) is 1.15. The van der Waals surface area contributed by atoms with Crippen LogP contribution in [0.1, 0.15) is 5.82 Å². The van der Waals surface area contributed by atoms with Crippen LogP contribution in [0.4, 0.5) is 8.78 Å². The normalized spacial score (nSPS) is 12.9. The molecule has 0 bridgehead atoms. The molecule has 0 fully saturated rings. The van der Waals surface area contributed by atoms with E-state index in [9.17, 15) is 17.5 Å². The molecule has 0 aromatic carbocycles. The maximum absolute atomic E-state index is 11.7. The van der Waals surface area contributed by atoms with Crippen molar-refractivity contribution in [1.29, 1.82) is 0 Å². The lowest BCUT2D eigenvalue weighted by Gasteiger charge is -2.05. The summed E-state index contributed by atoms with van der Waals surface area (Å²) in [7, 11) is 0. The van der Waals surface area contributed by atoms with Gasteiger partial charge >= 0.3 is 6.61 Å². The van der Waals surface area contributed by atoms with Crippen molar-refractivity contribution in [3.05, 3.63) is 18.2 Å². The Morgan fingerprint density at radius 1 is 1.50 bits per heavy atom. The molecule has 5 nitrogen and oxygen atoms in total. The van der Waals surface area contributed by atoms with E-state index in [-0.39, 0.29) is 17.3 Å². The van der Waals surface area contributed by atoms with Gasteiger partial charge in [-0.2, -0.15) is 8.78 Å². The summed E-state index contributed by atoms with van der Waals surface area (Å²) in [5, 5.41) is 0. The first-order chi connectivity index (χ1) is 6.58. The molecule has 0 N–H and O–H groups in total. The molecule has 8 heteroatoms. The molecule has 0 saturated carbocycles. The van der Waals surface area contributed by atoms with Gasteiger partial charge in [-0.05, 0) is 11.1 Å². The molecule has 1 heterocycles. The Kier molecular flexibility index (Phi) is 3.84. The molecule has 1 aromatic rings. The van der Waals surface area contributed by atoms with Crippen LogP contribution in [-0.2, 0) is 16.8 Å². The lowest BCUT2D eigenvalue weighted by molar-refractivity contribution is -0.0503. The topological polar surface area (TPSA) is 75.1 Å². The van der Waals surface area contributed by atoms with E-state index in [1.807, 2.05) is 0 Å². The van der Waals surface area contributed by atoms with Gasteiger partial charge in [0.1, 0.15) is 5.82 Å². The Bertz CT molecular complexity index is 319. The molecule has 0 radical (unpaired) electrons. The summed E-state index contributed by atoms with van der Waals surface area (Å²) in [4.78, 5) is 7.02. The number of rotatable bonds is 4. The van der Waals surface area contributed by atoms with Gasteiger partial charge in [0.05, 0.1) is 18.1 Å². The molecule has 1 aromatic heterocycles. The van der Waals surface area contributed by atoms with Crippen LogP contribution in [0.25, 0.3) is 0 Å². The highest BCUT2D eigenvalue weighted by Gasteiger charge is 2.05. The second-order valence-corrected chi connectivity index (χ2v) is 3.06. The van der Waals surface area contributed by atoms with Gasteiger partial charge in [0.15, 0.2) is 5.75 Å². The van der Waals surface area contributed by atoms with Crippen LogP contribution in [0.3, 0.4) is 0 Å². The smallest absolute Gasteiger partial charge is 0.387 e. The van der Waals surface area contributed by atoms with E-state index in [4.69, 9.17) is 0 Å². The van der Waals surface area contributed by atoms with Gasteiger partial charge in [-0.3, -0.25) is 4.21 Å². The number of halogens is 2. The number of aromatic nitrogens is 2. The molecule has 0 saturated heterocycles. The van der Waals surface area contributed by atoms with Crippen LogP contribution >= 0.6 is 0 Å². The Morgan fingerprint density at radius 3 is 2.50 bits per heavy atom. The molecule has 1 unspecified atom stereocenters. The summed E-state index contributed by atoms with van der Waals surface area (Å²) in [6, 6.07) is 0. The highest BCUT2D eigenvalue weighted by molar-refractivity contribution is 7.78. The number of hydrogen-bond acceptors (Lipinski definition) is 5. The zero-order valence-electron chi connectivity index (χ0n) is 6.72. The first-order valence-electron chi connectivity index (χ1n) is 3.39. The van der Waals surface area contributed by atoms with Gasteiger partial charge in [-0.15, -0.1) is 0 Å². The monoisotopic (exact) mass is 223 g/mol. The molecule has 0 aliphatic heterocycles. The maximum Gasteiger partial charge on any atom is 0.387 e. The maximum atomic E-state index is 11.7. The zero-order chi connectivity index (χ0) is 10.6. The first kappa shape index (κ1) is 10.9. The summed E-state index contributed by atoms with van der Waals surface area (Å²) in [5.41, 5.74) is 0. The van der Waals surface area contributed by atoms with Crippen molar-refractivity contribution in [3.8, 4) is 5.75 Å². The minimum atomic E-state index is -2.95. The van der Waals surface area contributed by atoms with Gasteiger partial charge in [0.25, 0.3) is 0 Å². The largest absolute Gasteiger partial charge is 0.772 e. The van der Waals surface area contributed by atoms with Crippen LogP contribution < -0.4 is 4.74 Å². The van der Waals surface area contributed by atoms with Gasteiger partial charge < -0.3 is 9.29 Å². The van der Waals surface area contributed by atoms with Crippen molar-refractivity contribution < 1.29 is 22.3 Å². The molecule has 0 aliphatic rings. The number of alkyl halides is 2. The van der Waals surface area contributed by atoms with Crippen molar-refractivity contribution in [3.63, 3.8) is 0 Å². The fourth-order valence-electron chi connectivity index (χ4n) is 0.687. The van der Waals surface area contributed by atoms with Gasteiger partial charge in [-0.1, -0.05) is 0 Å². The van der Waals surface area contributed by atoms with Crippen LogP contribution in [-0.4, -0.2) is 25.3 Å². The third-order valence-corrected chi connectivity index (χ3v) is 1.65. The van der Waals surface area contributed by atoms with Crippen molar-refractivity contribution in [2.75, 3.05) is 0 Å². The van der Waals surface area contributed by atoms with E-state index < -0.39 is 17.7 Å². The molecular weight excluding hydrogens is 218 g/mol. The Morgan fingerprint density at radius 2 is 2.07 bits per heavy atom. The van der Waals surface area contributed by atoms with E-state index in [0.717, 1.165) is 12.4 Å². The zero-order valence-corrected chi connectivity index (χ0v) is 7.54. The molecule has 0 aliphatic carbocycles. The second kappa shape index (κ2) is 4.91. The average molecular weight is 223 g/mol. The van der Waals surface area contributed by atoms with E-state index in [1.165, 1.54) is 0 Å². The van der Waals surface area contributed by atoms with E-state index >= 15 is 0 Å². The minimum absolute atomic E-state index is 0.0277. The van der Waals surface area contributed by atoms with Crippen LogP contribution in [0.2, 0.25) is 0 Å². The number of hydrogen-bond donors (Lipinski definition) is 0. The molecule has 0 spiro atoms. The number of ether oxygens (including phenoxy) is 1. The Hall–Kier alpha value is -1.15. The van der Waals surface area contributed by atoms with Gasteiger partial charge in [0.2, 0.25) is 0 Å². The molecule has 78 valence electrons. The van der Waals surface area contributed by atoms with Crippen LogP contribution in [0.5, 0.6) is 5.75 Å². The molecule has 1 atom stereocenters. The van der Waals surface area contributed by atoms with Crippen molar-refractivity contribution in [1.82, 2.24) is 9.97 Å². The Balaban J connectivity index is 2.63. The third kappa shape index (κ3) is 3.71. The number of nitrogens with zero attached hydrogens (tertiary/aromatic N) is 2. The summed E-state index contributed by atoms with van der Waals surface area (Å²) < 4.78 is 47.7. The van der Waals surface area contributed by atoms with Crippen molar-refractivity contribution in [2.24, 2.45) is 0 Å². The van der Waals surface area contributed by atoms with Crippen LogP contribution in [0, 0.1) is 0 Å². The van der Waals surface area contributed by atoms with Crippen molar-refractivity contribution in [2.45, 2.75) is 12.4 Å². The van der Waals surface area contributed by atoms with E-state index in [2.05, 4.69) is 14.7 Å². The van der Waals surface area contributed by atoms with Crippen LogP contribution in [0.15, 0.2) is 12.4 Å². The SMILES string of the molecule is O=S([O-])Cc1ncc(OC(F)F)cn1. The molecular formula is C6H5F2N2O3S-. The predicted molar refractivity (Wildman–Crippen MR) is 41.3 cm³/mol. The van der Waals surface area contributed by atoms with E-state index in [1.54, 1.807) is 0 Å². The summed E-state index contributed by atoms with van der Waals surface area (Å²) in [6.45, 7) is -2.95. The standard InChI is InChI=1S/C6H6F2N2O3S/c7-6(8)13-4-1-9-5(10-2-4)3-14(11)12/h1-2,6H,3H2,(H,11,12)/p-1. The molecule has 1 rings (SSSR count).